The number of nitrogens with one attached hydrogen (secondary N) is 2. The largest absolute Gasteiger partial charge is 0.348 e. The fraction of sp³-hybridized carbons (Fsp3) is 0.526. The standard InChI is InChI=1S/C19H28N4O3/c1-12(2)18(4,11-20)21-15(24)10-23-16(25)19(5,22-17(23)26)14-8-6-13(3)7-9-14/h6-9,12H,10-11,20H2,1-5H3,(H,21,24)(H,22,26). The summed E-state index contributed by atoms with van der Waals surface area (Å²) in [5.41, 5.74) is 5.73. The van der Waals surface area contributed by atoms with E-state index in [0.29, 0.717) is 5.56 Å². The van der Waals surface area contributed by atoms with Gasteiger partial charge in [0.05, 0.1) is 5.54 Å². The van der Waals surface area contributed by atoms with Crippen molar-refractivity contribution in [3.8, 4) is 0 Å². The van der Waals surface area contributed by atoms with Gasteiger partial charge in [0.15, 0.2) is 0 Å². The van der Waals surface area contributed by atoms with Gasteiger partial charge in [0.1, 0.15) is 12.1 Å². The Kier molecular flexibility index (Phi) is 5.41. The summed E-state index contributed by atoms with van der Waals surface area (Å²) in [4.78, 5) is 38.6. The smallest absolute Gasteiger partial charge is 0.325 e. The third kappa shape index (κ3) is 3.58. The molecule has 1 aliphatic heterocycles. The summed E-state index contributed by atoms with van der Waals surface area (Å²) >= 11 is 0. The topological polar surface area (TPSA) is 105 Å². The van der Waals surface area contributed by atoms with Gasteiger partial charge in [-0.15, -0.1) is 0 Å². The summed E-state index contributed by atoms with van der Waals surface area (Å²) in [6.45, 7) is 9.27. The normalized spacial score (nSPS) is 22.3. The maximum absolute atomic E-state index is 12.9. The van der Waals surface area contributed by atoms with Crippen molar-refractivity contribution in [2.75, 3.05) is 13.1 Å². The molecule has 4 amide bonds. The van der Waals surface area contributed by atoms with Crippen LogP contribution in [0.15, 0.2) is 24.3 Å². The first kappa shape index (κ1) is 19.9. The minimum atomic E-state index is -1.18. The Hall–Kier alpha value is -2.41. The number of urea groups is 1. The number of benzene rings is 1. The van der Waals surface area contributed by atoms with Crippen LogP contribution in [0.1, 0.15) is 38.8 Å². The highest BCUT2D eigenvalue weighted by atomic mass is 16.2. The number of rotatable bonds is 6. The average molecular weight is 360 g/mol. The van der Waals surface area contributed by atoms with Crippen molar-refractivity contribution in [2.45, 2.75) is 45.7 Å². The number of amides is 4. The van der Waals surface area contributed by atoms with Gasteiger partial charge in [-0.1, -0.05) is 43.7 Å². The molecule has 2 atom stereocenters. The van der Waals surface area contributed by atoms with Gasteiger partial charge in [-0.2, -0.15) is 0 Å². The number of hydrogen-bond acceptors (Lipinski definition) is 4. The van der Waals surface area contributed by atoms with E-state index in [1.807, 2.05) is 39.8 Å². The zero-order valence-corrected chi connectivity index (χ0v) is 16.1. The van der Waals surface area contributed by atoms with Crippen molar-refractivity contribution in [3.63, 3.8) is 0 Å². The van der Waals surface area contributed by atoms with E-state index < -0.39 is 28.9 Å². The number of nitrogens with two attached hydrogens (primary N) is 1. The Morgan fingerprint density at radius 2 is 1.88 bits per heavy atom. The molecule has 4 N–H and O–H groups in total. The van der Waals surface area contributed by atoms with E-state index in [4.69, 9.17) is 5.73 Å². The molecule has 1 aromatic carbocycles. The molecule has 142 valence electrons. The van der Waals surface area contributed by atoms with Gasteiger partial charge in [0.2, 0.25) is 5.91 Å². The summed E-state index contributed by atoms with van der Waals surface area (Å²) in [7, 11) is 0. The molecule has 26 heavy (non-hydrogen) atoms. The van der Waals surface area contributed by atoms with E-state index in [2.05, 4.69) is 10.6 Å². The quantitative estimate of drug-likeness (QED) is 0.664. The Morgan fingerprint density at radius 1 is 1.31 bits per heavy atom. The lowest BCUT2D eigenvalue weighted by molar-refractivity contribution is -0.135. The van der Waals surface area contributed by atoms with Gasteiger partial charge in [0.25, 0.3) is 5.91 Å². The second kappa shape index (κ2) is 7.07. The van der Waals surface area contributed by atoms with Gasteiger partial charge >= 0.3 is 6.03 Å². The van der Waals surface area contributed by atoms with E-state index in [1.54, 1.807) is 19.1 Å². The van der Waals surface area contributed by atoms with Crippen LogP contribution in [-0.2, 0) is 15.1 Å². The van der Waals surface area contributed by atoms with E-state index >= 15 is 0 Å². The number of aryl methyl sites for hydroxylation is 1. The zero-order chi connectivity index (χ0) is 19.7. The van der Waals surface area contributed by atoms with E-state index in [0.717, 1.165) is 10.5 Å². The number of hydrogen-bond donors (Lipinski definition) is 3. The SMILES string of the molecule is Cc1ccc(C2(C)NC(=O)N(CC(=O)NC(C)(CN)C(C)C)C2=O)cc1. The lowest BCUT2D eigenvalue weighted by Crippen LogP contribution is -2.57. The Morgan fingerprint density at radius 3 is 2.38 bits per heavy atom. The highest BCUT2D eigenvalue weighted by Crippen LogP contribution is 2.29. The maximum atomic E-state index is 12.9. The molecule has 1 heterocycles. The maximum Gasteiger partial charge on any atom is 0.325 e. The van der Waals surface area contributed by atoms with Gasteiger partial charge < -0.3 is 16.4 Å². The first-order valence-corrected chi connectivity index (χ1v) is 8.76. The molecule has 0 saturated carbocycles. The third-order valence-electron chi connectivity index (χ3n) is 5.33. The molecular formula is C19H28N4O3. The van der Waals surface area contributed by atoms with Gasteiger partial charge in [-0.25, -0.2) is 4.79 Å². The van der Waals surface area contributed by atoms with E-state index in [9.17, 15) is 14.4 Å². The molecule has 0 bridgehead atoms. The molecule has 7 nitrogen and oxygen atoms in total. The van der Waals surface area contributed by atoms with Crippen molar-refractivity contribution in [1.82, 2.24) is 15.5 Å². The first-order chi connectivity index (χ1) is 12.0. The minimum absolute atomic E-state index is 0.109. The molecule has 1 aliphatic rings. The van der Waals surface area contributed by atoms with Gasteiger partial charge in [-0.3, -0.25) is 14.5 Å². The molecule has 0 aromatic heterocycles. The van der Waals surface area contributed by atoms with Crippen molar-refractivity contribution in [1.29, 1.82) is 0 Å². The van der Waals surface area contributed by atoms with E-state index in [1.165, 1.54) is 0 Å². The average Bonchev–Trinajstić information content (AvgIpc) is 2.79. The summed E-state index contributed by atoms with van der Waals surface area (Å²) in [6.07, 6.45) is 0. The monoisotopic (exact) mass is 360 g/mol. The molecule has 1 fully saturated rings. The van der Waals surface area contributed by atoms with Crippen LogP contribution in [0.2, 0.25) is 0 Å². The van der Waals surface area contributed by atoms with Crippen LogP contribution in [0.5, 0.6) is 0 Å². The fourth-order valence-electron chi connectivity index (χ4n) is 2.86. The van der Waals surface area contributed by atoms with Gasteiger partial charge in [0, 0.05) is 6.54 Å². The van der Waals surface area contributed by atoms with Crippen LogP contribution in [0, 0.1) is 12.8 Å². The molecule has 2 unspecified atom stereocenters. The fourth-order valence-corrected chi connectivity index (χ4v) is 2.86. The number of carbonyl (C=O) groups excluding carboxylic acids is 3. The molecule has 1 aromatic rings. The van der Waals surface area contributed by atoms with Crippen LogP contribution in [0.3, 0.4) is 0 Å². The molecular weight excluding hydrogens is 332 g/mol. The molecule has 0 radical (unpaired) electrons. The number of imide groups is 1. The van der Waals surface area contributed by atoms with Crippen LogP contribution in [0.25, 0.3) is 0 Å². The third-order valence-corrected chi connectivity index (χ3v) is 5.33. The van der Waals surface area contributed by atoms with Crippen molar-refractivity contribution in [3.05, 3.63) is 35.4 Å². The lowest BCUT2D eigenvalue weighted by atomic mass is 9.88. The summed E-state index contributed by atoms with van der Waals surface area (Å²) < 4.78 is 0. The molecule has 0 aliphatic carbocycles. The van der Waals surface area contributed by atoms with Crippen LogP contribution >= 0.6 is 0 Å². The summed E-state index contributed by atoms with van der Waals surface area (Å²) in [5, 5.41) is 5.55. The van der Waals surface area contributed by atoms with Crippen molar-refractivity contribution >= 4 is 17.8 Å². The van der Waals surface area contributed by atoms with Crippen molar-refractivity contribution in [2.24, 2.45) is 11.7 Å². The highest BCUT2D eigenvalue weighted by molar-refractivity contribution is 6.09. The molecule has 2 rings (SSSR count). The Balaban J connectivity index is 2.16. The van der Waals surface area contributed by atoms with Crippen LogP contribution in [-0.4, -0.2) is 41.4 Å². The van der Waals surface area contributed by atoms with Crippen LogP contribution < -0.4 is 16.4 Å². The second-order valence-electron chi connectivity index (χ2n) is 7.64. The van der Waals surface area contributed by atoms with Crippen LogP contribution in [0.4, 0.5) is 4.79 Å². The summed E-state index contributed by atoms with van der Waals surface area (Å²) in [6, 6.07) is 6.80. The summed E-state index contributed by atoms with van der Waals surface area (Å²) in [5.74, 6) is -0.749. The number of nitrogens with zero attached hydrogens (tertiary/aromatic N) is 1. The predicted octanol–water partition coefficient (Wildman–Crippen LogP) is 1.25. The Labute approximate surface area is 154 Å². The minimum Gasteiger partial charge on any atom is -0.348 e. The van der Waals surface area contributed by atoms with Crippen molar-refractivity contribution < 1.29 is 14.4 Å². The highest BCUT2D eigenvalue weighted by Gasteiger charge is 2.49. The molecule has 1 saturated heterocycles. The lowest BCUT2D eigenvalue weighted by Gasteiger charge is -2.34. The molecule has 7 heteroatoms. The zero-order valence-electron chi connectivity index (χ0n) is 16.1. The Bertz CT molecular complexity index is 716. The molecule has 0 spiro atoms. The second-order valence-corrected chi connectivity index (χ2v) is 7.64. The van der Waals surface area contributed by atoms with Gasteiger partial charge in [-0.05, 0) is 32.3 Å². The van der Waals surface area contributed by atoms with E-state index in [-0.39, 0.29) is 19.0 Å². The first-order valence-electron chi connectivity index (χ1n) is 8.76. The predicted molar refractivity (Wildman–Crippen MR) is 99.2 cm³/mol. The number of carbonyl (C=O) groups is 3.